The molecule has 0 atom stereocenters. The third-order valence-electron chi connectivity index (χ3n) is 9.94. The molecule has 0 heterocycles. The lowest BCUT2D eigenvalue weighted by molar-refractivity contribution is 0.591. The van der Waals surface area contributed by atoms with Crippen molar-refractivity contribution >= 4 is 53.9 Å². The van der Waals surface area contributed by atoms with E-state index in [4.69, 9.17) is 0 Å². The Balaban J connectivity index is 1.56. The van der Waals surface area contributed by atoms with Gasteiger partial charge in [0.15, 0.2) is 0 Å². The number of fused-ring (bicyclic) bond motifs is 6. The summed E-state index contributed by atoms with van der Waals surface area (Å²) >= 11 is 0. The van der Waals surface area contributed by atoms with E-state index in [-0.39, 0.29) is 10.8 Å². The van der Waals surface area contributed by atoms with Crippen LogP contribution in [0.4, 0.5) is 0 Å². The summed E-state index contributed by atoms with van der Waals surface area (Å²) in [5.74, 6) is 0. The highest BCUT2D eigenvalue weighted by atomic mass is 14.3. The molecule has 0 heteroatoms. The fraction of sp³-hybridized carbons (Fsp3) is 0.174. The molecule has 46 heavy (non-hydrogen) atoms. The highest BCUT2D eigenvalue weighted by Gasteiger charge is 2.23. The average molecular weight is 593 g/mol. The third-order valence-corrected chi connectivity index (χ3v) is 9.94. The Labute approximate surface area is 272 Å². The largest absolute Gasteiger partial charge is 0.0616 e. The summed E-state index contributed by atoms with van der Waals surface area (Å²) in [7, 11) is 0. The molecule has 224 valence electrons. The van der Waals surface area contributed by atoms with Crippen LogP contribution in [0, 0.1) is 0 Å². The van der Waals surface area contributed by atoms with Gasteiger partial charge in [0.25, 0.3) is 0 Å². The first-order valence-corrected chi connectivity index (χ1v) is 16.5. The molecule has 0 N–H and O–H groups in total. The second-order valence-electron chi connectivity index (χ2n) is 15.0. The van der Waals surface area contributed by atoms with Crippen molar-refractivity contribution in [3.05, 3.63) is 145 Å². The van der Waals surface area contributed by atoms with Crippen molar-refractivity contribution in [1.82, 2.24) is 0 Å². The first-order chi connectivity index (χ1) is 22.1. The molecule has 0 aromatic heterocycles. The maximum Gasteiger partial charge on any atom is -0.00201 e. The molecule has 0 bridgehead atoms. The Kier molecular flexibility index (Phi) is 6.38. The summed E-state index contributed by atoms with van der Waals surface area (Å²) in [6.45, 7) is 13.9. The normalized spacial score (nSPS) is 12.6. The number of benzene rings is 8. The molecule has 8 aromatic carbocycles. The molecular formula is C46H40. The zero-order valence-electron chi connectivity index (χ0n) is 27.7. The van der Waals surface area contributed by atoms with Crippen LogP contribution in [-0.4, -0.2) is 0 Å². The quantitative estimate of drug-likeness (QED) is 0.138. The number of rotatable bonds is 2. The molecule has 0 aliphatic heterocycles. The molecule has 0 unspecified atom stereocenters. The maximum atomic E-state index is 2.48. The molecule has 0 aliphatic carbocycles. The van der Waals surface area contributed by atoms with Crippen molar-refractivity contribution in [2.24, 2.45) is 0 Å². The van der Waals surface area contributed by atoms with Crippen molar-refractivity contribution in [3.8, 4) is 22.3 Å². The summed E-state index contributed by atoms with van der Waals surface area (Å²) in [4.78, 5) is 0. The monoisotopic (exact) mass is 592 g/mol. The Morgan fingerprint density at radius 3 is 1.46 bits per heavy atom. The van der Waals surface area contributed by atoms with Crippen LogP contribution in [0.1, 0.15) is 52.7 Å². The van der Waals surface area contributed by atoms with Gasteiger partial charge in [0.1, 0.15) is 0 Å². The maximum absolute atomic E-state index is 2.48. The highest BCUT2D eigenvalue weighted by Crippen LogP contribution is 2.47. The molecule has 0 aliphatic rings. The van der Waals surface area contributed by atoms with Crippen LogP contribution in [-0.2, 0) is 10.8 Å². The first-order valence-electron chi connectivity index (χ1n) is 16.5. The van der Waals surface area contributed by atoms with E-state index in [2.05, 4.69) is 175 Å². The van der Waals surface area contributed by atoms with E-state index < -0.39 is 0 Å². The fourth-order valence-electron chi connectivity index (χ4n) is 7.37. The van der Waals surface area contributed by atoms with Crippen LogP contribution < -0.4 is 0 Å². The predicted molar refractivity (Wildman–Crippen MR) is 202 cm³/mol. The minimum absolute atomic E-state index is 0.0234. The summed E-state index contributed by atoms with van der Waals surface area (Å²) in [5.41, 5.74) is 7.94. The highest BCUT2D eigenvalue weighted by molar-refractivity contribution is 6.24. The van der Waals surface area contributed by atoms with E-state index in [1.165, 1.54) is 87.2 Å². The average Bonchev–Trinajstić information content (AvgIpc) is 3.05. The van der Waals surface area contributed by atoms with E-state index in [9.17, 15) is 0 Å². The van der Waals surface area contributed by atoms with Gasteiger partial charge in [-0.2, -0.15) is 0 Å². The summed E-state index contributed by atoms with van der Waals surface area (Å²) in [6.07, 6.45) is 0. The molecular weight excluding hydrogens is 553 g/mol. The summed E-state index contributed by atoms with van der Waals surface area (Å²) < 4.78 is 0. The van der Waals surface area contributed by atoms with Gasteiger partial charge in [0.2, 0.25) is 0 Å². The van der Waals surface area contributed by atoms with Crippen molar-refractivity contribution < 1.29 is 0 Å². The van der Waals surface area contributed by atoms with Crippen LogP contribution in [0.3, 0.4) is 0 Å². The lowest BCUT2D eigenvalue weighted by Gasteiger charge is -2.25. The van der Waals surface area contributed by atoms with Crippen LogP contribution >= 0.6 is 0 Å². The van der Waals surface area contributed by atoms with Crippen molar-refractivity contribution in [2.45, 2.75) is 52.4 Å². The van der Waals surface area contributed by atoms with Crippen LogP contribution in [0.15, 0.2) is 133 Å². The summed E-state index contributed by atoms with van der Waals surface area (Å²) in [6, 6.07) is 50.4. The van der Waals surface area contributed by atoms with Crippen LogP contribution in [0.2, 0.25) is 0 Å². The van der Waals surface area contributed by atoms with E-state index in [0.29, 0.717) is 0 Å². The molecule has 0 saturated heterocycles. The summed E-state index contributed by atoms with van der Waals surface area (Å²) in [5, 5.41) is 12.9. The second kappa shape index (κ2) is 10.3. The van der Waals surface area contributed by atoms with Gasteiger partial charge in [0.05, 0.1) is 0 Å². The third kappa shape index (κ3) is 4.59. The Hall–Kier alpha value is -4.94. The number of hydrogen-bond acceptors (Lipinski definition) is 0. The van der Waals surface area contributed by atoms with Crippen molar-refractivity contribution in [1.29, 1.82) is 0 Å². The van der Waals surface area contributed by atoms with Crippen molar-refractivity contribution in [3.63, 3.8) is 0 Å². The Bertz CT molecular complexity index is 2400. The van der Waals surface area contributed by atoms with E-state index in [1.54, 1.807) is 0 Å². The zero-order chi connectivity index (χ0) is 31.8. The van der Waals surface area contributed by atoms with Gasteiger partial charge in [-0.1, -0.05) is 157 Å². The van der Waals surface area contributed by atoms with Gasteiger partial charge in [0, 0.05) is 0 Å². The van der Waals surface area contributed by atoms with Gasteiger partial charge >= 0.3 is 0 Å². The lowest BCUT2D eigenvalue weighted by Crippen LogP contribution is -2.11. The van der Waals surface area contributed by atoms with Gasteiger partial charge < -0.3 is 0 Å². The van der Waals surface area contributed by atoms with E-state index >= 15 is 0 Å². The minimum Gasteiger partial charge on any atom is -0.0616 e. The minimum atomic E-state index is 0.0234. The zero-order valence-corrected chi connectivity index (χ0v) is 27.7. The molecule has 8 aromatic rings. The van der Waals surface area contributed by atoms with Gasteiger partial charge in [-0.15, -0.1) is 0 Å². The Morgan fingerprint density at radius 2 is 0.826 bits per heavy atom. The van der Waals surface area contributed by atoms with Gasteiger partial charge in [-0.3, -0.25) is 0 Å². The standard InChI is InChI=1S/C46H40/c1-45(2,3)33-21-24-39-41(27-33)43(32-20-23-37-31(26-32)19-18-30-13-8-9-15-35(30)37)42-28-34(46(4,5)6)22-25-40(42)44(39)38-17-11-14-29-12-7-10-16-36(29)38/h7-28H,1-6H3. The fourth-order valence-corrected chi connectivity index (χ4v) is 7.37. The van der Waals surface area contributed by atoms with Crippen molar-refractivity contribution in [2.75, 3.05) is 0 Å². The molecule has 0 spiro atoms. The number of hydrogen-bond donors (Lipinski definition) is 0. The first kappa shape index (κ1) is 28.5. The van der Waals surface area contributed by atoms with E-state index in [1.807, 2.05) is 0 Å². The van der Waals surface area contributed by atoms with Gasteiger partial charge in [-0.05, 0) is 116 Å². The molecule has 0 nitrogen and oxygen atoms in total. The lowest BCUT2D eigenvalue weighted by atomic mass is 9.79. The Morgan fingerprint density at radius 1 is 0.326 bits per heavy atom. The molecule has 8 rings (SSSR count). The molecule has 0 fully saturated rings. The predicted octanol–water partition coefficient (Wildman–Crippen LogP) is 13.4. The molecule has 0 amide bonds. The molecule has 0 saturated carbocycles. The second-order valence-corrected chi connectivity index (χ2v) is 15.0. The van der Waals surface area contributed by atoms with Crippen LogP contribution in [0.25, 0.3) is 76.1 Å². The SMILES string of the molecule is CC(C)(C)c1ccc2c(-c3cccc4ccccc34)c3ccc(C(C)(C)C)cc3c(-c3ccc4c(ccc5ccccc54)c3)c2c1. The molecule has 0 radical (unpaired) electrons. The van der Waals surface area contributed by atoms with Crippen LogP contribution in [0.5, 0.6) is 0 Å². The van der Waals surface area contributed by atoms with E-state index in [0.717, 1.165) is 0 Å². The smallest absolute Gasteiger partial charge is 0.00201 e. The van der Waals surface area contributed by atoms with Gasteiger partial charge in [-0.25, -0.2) is 0 Å². The topological polar surface area (TPSA) is 0 Å².